The van der Waals surface area contributed by atoms with Gasteiger partial charge in [0.1, 0.15) is 5.82 Å². The standard InChI is InChI=1S/C14H21N3O3/c1-8(2)6-10(14(19)20)7-17-13-11(12(15)18)9(3)4-5-16-13/h4-5,8,10H,6-7H2,1-3H3,(H2,15,18)(H,16,17)(H,19,20). The van der Waals surface area contributed by atoms with E-state index in [1.807, 2.05) is 13.8 Å². The van der Waals surface area contributed by atoms with Gasteiger partial charge < -0.3 is 16.2 Å². The van der Waals surface area contributed by atoms with Crippen molar-refractivity contribution in [1.29, 1.82) is 0 Å². The maximum atomic E-state index is 11.4. The number of primary amides is 1. The van der Waals surface area contributed by atoms with Crippen molar-refractivity contribution < 1.29 is 14.7 Å². The summed E-state index contributed by atoms with van der Waals surface area (Å²) in [6.45, 7) is 5.91. The van der Waals surface area contributed by atoms with Gasteiger partial charge in [0.2, 0.25) is 0 Å². The lowest BCUT2D eigenvalue weighted by Gasteiger charge is -2.17. The van der Waals surface area contributed by atoms with Gasteiger partial charge in [-0.25, -0.2) is 4.98 Å². The lowest BCUT2D eigenvalue weighted by Crippen LogP contribution is -2.26. The zero-order valence-corrected chi connectivity index (χ0v) is 12.0. The van der Waals surface area contributed by atoms with Crippen LogP contribution in [0.4, 0.5) is 5.82 Å². The Morgan fingerprint density at radius 2 is 2.10 bits per heavy atom. The normalized spacial score (nSPS) is 12.2. The molecule has 1 atom stereocenters. The fourth-order valence-corrected chi connectivity index (χ4v) is 2.06. The van der Waals surface area contributed by atoms with Gasteiger partial charge in [-0.05, 0) is 30.9 Å². The zero-order chi connectivity index (χ0) is 15.3. The lowest BCUT2D eigenvalue weighted by molar-refractivity contribution is -0.141. The van der Waals surface area contributed by atoms with Crippen LogP contribution in [0.1, 0.15) is 36.2 Å². The minimum absolute atomic E-state index is 0.213. The Bertz CT molecular complexity index is 500. The number of hydrogen-bond donors (Lipinski definition) is 3. The number of anilines is 1. The molecule has 0 aliphatic carbocycles. The topological polar surface area (TPSA) is 105 Å². The smallest absolute Gasteiger partial charge is 0.308 e. The molecule has 1 aromatic rings. The monoisotopic (exact) mass is 279 g/mol. The number of carbonyl (C=O) groups is 2. The van der Waals surface area contributed by atoms with Gasteiger partial charge in [-0.1, -0.05) is 13.8 Å². The van der Waals surface area contributed by atoms with Crippen molar-refractivity contribution >= 4 is 17.7 Å². The van der Waals surface area contributed by atoms with E-state index in [4.69, 9.17) is 5.73 Å². The minimum Gasteiger partial charge on any atom is -0.481 e. The van der Waals surface area contributed by atoms with Crippen LogP contribution in [0.15, 0.2) is 12.3 Å². The van der Waals surface area contributed by atoms with Gasteiger partial charge in [-0.15, -0.1) is 0 Å². The van der Waals surface area contributed by atoms with Crippen LogP contribution in [0.25, 0.3) is 0 Å². The van der Waals surface area contributed by atoms with Gasteiger partial charge in [0.05, 0.1) is 11.5 Å². The van der Waals surface area contributed by atoms with Gasteiger partial charge >= 0.3 is 5.97 Å². The van der Waals surface area contributed by atoms with Crippen molar-refractivity contribution in [3.8, 4) is 0 Å². The Labute approximate surface area is 118 Å². The first kappa shape index (κ1) is 15.9. The van der Waals surface area contributed by atoms with Crippen LogP contribution in [0.2, 0.25) is 0 Å². The Hall–Kier alpha value is -2.11. The summed E-state index contributed by atoms with van der Waals surface area (Å²) in [5.41, 5.74) is 6.35. The number of carbonyl (C=O) groups excluding carboxylic acids is 1. The third kappa shape index (κ3) is 4.22. The number of aryl methyl sites for hydroxylation is 1. The number of nitrogens with zero attached hydrogens (tertiary/aromatic N) is 1. The predicted molar refractivity (Wildman–Crippen MR) is 76.6 cm³/mol. The number of carboxylic acids is 1. The number of rotatable bonds is 7. The molecule has 0 saturated carbocycles. The summed E-state index contributed by atoms with van der Waals surface area (Å²) in [4.78, 5) is 26.7. The highest BCUT2D eigenvalue weighted by Crippen LogP contribution is 2.18. The summed E-state index contributed by atoms with van der Waals surface area (Å²) < 4.78 is 0. The zero-order valence-electron chi connectivity index (χ0n) is 12.0. The molecule has 110 valence electrons. The average molecular weight is 279 g/mol. The summed E-state index contributed by atoms with van der Waals surface area (Å²) in [5.74, 6) is -1.35. The summed E-state index contributed by atoms with van der Waals surface area (Å²) in [5, 5.41) is 12.1. The summed E-state index contributed by atoms with van der Waals surface area (Å²) >= 11 is 0. The van der Waals surface area contributed by atoms with Crippen molar-refractivity contribution in [2.75, 3.05) is 11.9 Å². The van der Waals surface area contributed by atoms with Crippen LogP contribution in [-0.4, -0.2) is 28.5 Å². The van der Waals surface area contributed by atoms with Gasteiger partial charge in [0.25, 0.3) is 5.91 Å². The van der Waals surface area contributed by atoms with Crippen LogP contribution in [0.3, 0.4) is 0 Å². The largest absolute Gasteiger partial charge is 0.481 e. The van der Waals surface area contributed by atoms with E-state index in [1.54, 1.807) is 19.2 Å². The summed E-state index contributed by atoms with van der Waals surface area (Å²) in [6, 6.07) is 1.69. The van der Waals surface area contributed by atoms with Gasteiger partial charge in [-0.2, -0.15) is 0 Å². The maximum Gasteiger partial charge on any atom is 0.308 e. The summed E-state index contributed by atoms with van der Waals surface area (Å²) in [7, 11) is 0. The fraction of sp³-hybridized carbons (Fsp3) is 0.500. The minimum atomic E-state index is -0.862. The van der Waals surface area contributed by atoms with E-state index in [0.29, 0.717) is 23.4 Å². The predicted octanol–water partition coefficient (Wildman–Crippen LogP) is 1.65. The first-order valence-corrected chi connectivity index (χ1v) is 6.55. The molecule has 1 unspecified atom stereocenters. The molecular weight excluding hydrogens is 258 g/mol. The molecule has 0 bridgehead atoms. The van der Waals surface area contributed by atoms with E-state index < -0.39 is 17.8 Å². The molecule has 1 aromatic heterocycles. The molecule has 0 fully saturated rings. The Morgan fingerprint density at radius 3 is 2.60 bits per heavy atom. The van der Waals surface area contributed by atoms with Crippen molar-refractivity contribution in [3.63, 3.8) is 0 Å². The molecule has 0 saturated heterocycles. The van der Waals surface area contributed by atoms with Crippen LogP contribution in [-0.2, 0) is 4.79 Å². The quantitative estimate of drug-likeness (QED) is 0.703. The molecular formula is C14H21N3O3. The highest BCUT2D eigenvalue weighted by Gasteiger charge is 2.20. The fourth-order valence-electron chi connectivity index (χ4n) is 2.06. The molecule has 6 nitrogen and oxygen atoms in total. The van der Waals surface area contributed by atoms with Crippen LogP contribution in [0, 0.1) is 18.8 Å². The number of carboxylic acid groups (broad SMARTS) is 1. The highest BCUT2D eigenvalue weighted by molar-refractivity contribution is 5.99. The number of amides is 1. The average Bonchev–Trinajstić information content (AvgIpc) is 2.33. The molecule has 20 heavy (non-hydrogen) atoms. The van der Waals surface area contributed by atoms with E-state index >= 15 is 0 Å². The molecule has 1 rings (SSSR count). The Balaban J connectivity index is 2.85. The number of nitrogens with one attached hydrogen (secondary N) is 1. The van der Waals surface area contributed by atoms with E-state index in [-0.39, 0.29) is 12.5 Å². The number of nitrogens with two attached hydrogens (primary N) is 1. The van der Waals surface area contributed by atoms with Crippen molar-refractivity contribution in [2.45, 2.75) is 27.2 Å². The lowest BCUT2D eigenvalue weighted by atomic mass is 9.97. The molecule has 0 aliphatic heterocycles. The Kier molecular flexibility index (Phi) is 5.49. The third-order valence-corrected chi connectivity index (χ3v) is 3.03. The van der Waals surface area contributed by atoms with Crippen molar-refractivity contribution in [2.24, 2.45) is 17.6 Å². The van der Waals surface area contributed by atoms with Crippen molar-refractivity contribution in [1.82, 2.24) is 4.98 Å². The van der Waals surface area contributed by atoms with E-state index in [1.165, 1.54) is 0 Å². The number of pyridine rings is 1. The number of aromatic nitrogens is 1. The molecule has 1 heterocycles. The second-order valence-electron chi connectivity index (χ2n) is 5.26. The van der Waals surface area contributed by atoms with E-state index in [0.717, 1.165) is 0 Å². The SMILES string of the molecule is Cc1ccnc(NCC(CC(C)C)C(=O)O)c1C(N)=O. The molecule has 0 radical (unpaired) electrons. The molecule has 6 heteroatoms. The maximum absolute atomic E-state index is 11.4. The van der Waals surface area contributed by atoms with E-state index in [2.05, 4.69) is 10.3 Å². The van der Waals surface area contributed by atoms with Crippen LogP contribution < -0.4 is 11.1 Å². The number of aliphatic carboxylic acids is 1. The second kappa shape index (κ2) is 6.88. The van der Waals surface area contributed by atoms with Crippen molar-refractivity contribution in [3.05, 3.63) is 23.4 Å². The molecule has 0 aliphatic rings. The molecule has 0 spiro atoms. The van der Waals surface area contributed by atoms with E-state index in [9.17, 15) is 14.7 Å². The Morgan fingerprint density at radius 1 is 1.45 bits per heavy atom. The van der Waals surface area contributed by atoms with Gasteiger partial charge in [-0.3, -0.25) is 9.59 Å². The first-order chi connectivity index (χ1) is 9.32. The number of hydrogen-bond acceptors (Lipinski definition) is 4. The first-order valence-electron chi connectivity index (χ1n) is 6.55. The summed E-state index contributed by atoms with van der Waals surface area (Å²) in [6.07, 6.45) is 2.11. The highest BCUT2D eigenvalue weighted by atomic mass is 16.4. The van der Waals surface area contributed by atoms with Crippen LogP contribution in [0.5, 0.6) is 0 Å². The van der Waals surface area contributed by atoms with Gasteiger partial charge in [0.15, 0.2) is 0 Å². The molecule has 4 N–H and O–H groups in total. The second-order valence-corrected chi connectivity index (χ2v) is 5.26. The third-order valence-electron chi connectivity index (χ3n) is 3.03. The van der Waals surface area contributed by atoms with Crippen LogP contribution >= 0.6 is 0 Å². The molecule has 0 aromatic carbocycles. The molecule has 1 amide bonds. The van der Waals surface area contributed by atoms with Gasteiger partial charge in [0, 0.05) is 12.7 Å².